The molecule has 0 saturated heterocycles. The second-order valence-corrected chi connectivity index (χ2v) is 5.69. The van der Waals surface area contributed by atoms with Gasteiger partial charge in [-0.05, 0) is 31.1 Å². The fraction of sp³-hybridized carbons (Fsp3) is 0.750. The average Bonchev–Trinajstić information content (AvgIpc) is 2.49. The number of hydrogen-bond acceptors (Lipinski definition) is 3. The molecule has 1 heterocycles. The second kappa shape index (κ2) is 4.00. The molecule has 0 spiro atoms. The smallest absolute Gasteiger partial charge is 0.171 e. The van der Waals surface area contributed by atoms with Gasteiger partial charge in [0.25, 0.3) is 0 Å². The van der Waals surface area contributed by atoms with E-state index in [1.54, 1.807) is 4.68 Å². The van der Waals surface area contributed by atoms with Gasteiger partial charge in [-0.1, -0.05) is 13.8 Å². The summed E-state index contributed by atoms with van der Waals surface area (Å²) in [5.74, 6) is 0.840. The van der Waals surface area contributed by atoms with Gasteiger partial charge in [-0.25, -0.2) is 0 Å². The number of hydrogen-bond donors (Lipinski definition) is 2. The maximum atomic E-state index is 5.87. The van der Waals surface area contributed by atoms with Crippen LogP contribution < -0.4 is 11.1 Å². The number of nitrogen functional groups attached to an aromatic ring is 1. The van der Waals surface area contributed by atoms with E-state index in [2.05, 4.69) is 24.3 Å². The van der Waals surface area contributed by atoms with Gasteiger partial charge in [-0.2, -0.15) is 5.10 Å². The number of anilines is 2. The molecule has 0 radical (unpaired) electrons. The Morgan fingerprint density at radius 1 is 1.44 bits per heavy atom. The van der Waals surface area contributed by atoms with E-state index in [9.17, 15) is 0 Å². The third-order valence-electron chi connectivity index (χ3n) is 3.54. The van der Waals surface area contributed by atoms with Gasteiger partial charge in [-0.3, -0.25) is 4.68 Å². The maximum absolute atomic E-state index is 5.87. The molecule has 4 nitrogen and oxygen atoms in total. The van der Waals surface area contributed by atoms with Gasteiger partial charge in [0.15, 0.2) is 5.82 Å². The van der Waals surface area contributed by atoms with Crippen molar-refractivity contribution >= 4 is 11.5 Å². The molecule has 0 aliphatic heterocycles. The number of nitrogens with zero attached hydrogens (tertiary/aromatic N) is 2. The molecular weight excluding hydrogens is 200 g/mol. The van der Waals surface area contributed by atoms with Crippen molar-refractivity contribution < 1.29 is 0 Å². The largest absolute Gasteiger partial charge is 0.394 e. The van der Waals surface area contributed by atoms with Gasteiger partial charge < -0.3 is 11.1 Å². The SMILES string of the molecule is Cn1cc(N)c(NC2CCC(C)(C)CC2)n1. The van der Waals surface area contributed by atoms with E-state index in [0.717, 1.165) is 11.5 Å². The molecule has 0 bridgehead atoms. The van der Waals surface area contributed by atoms with Crippen LogP contribution in [0.25, 0.3) is 0 Å². The fourth-order valence-electron chi connectivity index (χ4n) is 2.36. The zero-order valence-corrected chi connectivity index (χ0v) is 10.5. The highest BCUT2D eigenvalue weighted by molar-refractivity contribution is 5.60. The molecule has 1 aliphatic rings. The van der Waals surface area contributed by atoms with Crippen LogP contribution in [0.1, 0.15) is 39.5 Å². The third-order valence-corrected chi connectivity index (χ3v) is 3.54. The number of nitrogens with two attached hydrogens (primary N) is 1. The molecule has 0 aromatic carbocycles. The Morgan fingerprint density at radius 3 is 2.56 bits per heavy atom. The molecule has 1 aromatic rings. The molecular formula is C12H22N4. The van der Waals surface area contributed by atoms with E-state index >= 15 is 0 Å². The first-order valence-corrected chi connectivity index (χ1v) is 6.02. The molecule has 0 amide bonds. The van der Waals surface area contributed by atoms with E-state index < -0.39 is 0 Å². The normalized spacial score (nSPS) is 20.9. The van der Waals surface area contributed by atoms with E-state index in [1.807, 2.05) is 13.2 Å². The summed E-state index contributed by atoms with van der Waals surface area (Å²) in [6, 6.07) is 0.533. The number of aryl methyl sites for hydroxylation is 1. The van der Waals surface area contributed by atoms with Crippen molar-refractivity contribution in [2.45, 2.75) is 45.6 Å². The number of nitrogens with one attached hydrogen (secondary N) is 1. The Balaban J connectivity index is 1.94. The van der Waals surface area contributed by atoms with Crippen molar-refractivity contribution in [3.63, 3.8) is 0 Å². The van der Waals surface area contributed by atoms with Crippen LogP contribution in [0.15, 0.2) is 6.20 Å². The van der Waals surface area contributed by atoms with E-state index in [0.29, 0.717) is 11.5 Å². The molecule has 1 aromatic heterocycles. The van der Waals surface area contributed by atoms with Gasteiger partial charge in [0.05, 0.1) is 5.69 Å². The minimum absolute atomic E-state index is 0.508. The standard InChI is InChI=1S/C12H22N4/c1-12(2)6-4-9(5-7-12)14-11-10(13)8-16(3)15-11/h8-9H,4-7,13H2,1-3H3,(H,14,15). The summed E-state index contributed by atoms with van der Waals surface area (Å²) >= 11 is 0. The quantitative estimate of drug-likeness (QED) is 0.807. The fourth-order valence-corrected chi connectivity index (χ4v) is 2.36. The summed E-state index contributed by atoms with van der Waals surface area (Å²) in [4.78, 5) is 0. The molecule has 2 rings (SSSR count). The van der Waals surface area contributed by atoms with Crippen molar-refractivity contribution in [1.82, 2.24) is 9.78 Å². The topological polar surface area (TPSA) is 55.9 Å². The first-order valence-electron chi connectivity index (χ1n) is 6.02. The second-order valence-electron chi connectivity index (χ2n) is 5.69. The van der Waals surface area contributed by atoms with E-state index in [1.165, 1.54) is 25.7 Å². The average molecular weight is 222 g/mol. The number of aromatic nitrogens is 2. The minimum Gasteiger partial charge on any atom is -0.394 e. The summed E-state index contributed by atoms with van der Waals surface area (Å²) in [6.07, 6.45) is 6.82. The van der Waals surface area contributed by atoms with Crippen molar-refractivity contribution in [2.24, 2.45) is 12.5 Å². The predicted octanol–water partition coefficient (Wildman–Crippen LogP) is 2.38. The lowest BCUT2D eigenvalue weighted by Crippen LogP contribution is -2.30. The van der Waals surface area contributed by atoms with E-state index in [4.69, 9.17) is 5.73 Å². The van der Waals surface area contributed by atoms with Crippen LogP contribution in [0.4, 0.5) is 11.5 Å². The highest BCUT2D eigenvalue weighted by Gasteiger charge is 2.27. The molecule has 0 atom stereocenters. The van der Waals surface area contributed by atoms with Gasteiger partial charge in [-0.15, -0.1) is 0 Å². The molecule has 90 valence electrons. The summed E-state index contributed by atoms with van der Waals surface area (Å²) in [6.45, 7) is 4.69. The van der Waals surface area contributed by atoms with Crippen LogP contribution in [0.2, 0.25) is 0 Å². The van der Waals surface area contributed by atoms with Crippen LogP contribution in [0, 0.1) is 5.41 Å². The van der Waals surface area contributed by atoms with Crippen LogP contribution in [0.5, 0.6) is 0 Å². The van der Waals surface area contributed by atoms with Gasteiger partial charge >= 0.3 is 0 Å². The zero-order chi connectivity index (χ0) is 11.8. The predicted molar refractivity (Wildman–Crippen MR) is 67.3 cm³/mol. The molecule has 3 N–H and O–H groups in total. The minimum atomic E-state index is 0.508. The van der Waals surface area contributed by atoms with Crippen molar-refractivity contribution in [1.29, 1.82) is 0 Å². The third kappa shape index (κ3) is 2.49. The van der Waals surface area contributed by atoms with Crippen LogP contribution in [-0.2, 0) is 7.05 Å². The van der Waals surface area contributed by atoms with Gasteiger partial charge in [0.1, 0.15) is 0 Å². The molecule has 1 aliphatic carbocycles. The summed E-state index contributed by atoms with van der Waals surface area (Å²) in [5, 5.41) is 7.77. The molecule has 1 saturated carbocycles. The lowest BCUT2D eigenvalue weighted by Gasteiger charge is -2.34. The first kappa shape index (κ1) is 11.3. The Kier molecular flexibility index (Phi) is 2.82. The van der Waals surface area contributed by atoms with E-state index in [-0.39, 0.29) is 0 Å². The molecule has 0 unspecified atom stereocenters. The van der Waals surface area contributed by atoms with Gasteiger partial charge in [0, 0.05) is 19.3 Å². The summed E-state index contributed by atoms with van der Waals surface area (Å²) in [5.41, 5.74) is 7.12. The Morgan fingerprint density at radius 2 is 2.06 bits per heavy atom. The van der Waals surface area contributed by atoms with Crippen molar-refractivity contribution in [2.75, 3.05) is 11.1 Å². The summed E-state index contributed by atoms with van der Waals surface area (Å²) in [7, 11) is 1.89. The lowest BCUT2D eigenvalue weighted by molar-refractivity contribution is 0.232. The Hall–Kier alpha value is -1.19. The van der Waals surface area contributed by atoms with Crippen LogP contribution >= 0.6 is 0 Å². The number of rotatable bonds is 2. The Labute approximate surface area is 97.2 Å². The van der Waals surface area contributed by atoms with Crippen molar-refractivity contribution in [3.8, 4) is 0 Å². The van der Waals surface area contributed by atoms with Crippen molar-refractivity contribution in [3.05, 3.63) is 6.20 Å². The van der Waals surface area contributed by atoms with Gasteiger partial charge in [0.2, 0.25) is 0 Å². The zero-order valence-electron chi connectivity index (χ0n) is 10.5. The van der Waals surface area contributed by atoms with Crippen LogP contribution in [-0.4, -0.2) is 15.8 Å². The highest BCUT2D eigenvalue weighted by Crippen LogP contribution is 2.36. The highest BCUT2D eigenvalue weighted by atomic mass is 15.3. The monoisotopic (exact) mass is 222 g/mol. The van der Waals surface area contributed by atoms with Crippen LogP contribution in [0.3, 0.4) is 0 Å². The first-order chi connectivity index (χ1) is 7.46. The molecule has 1 fully saturated rings. The maximum Gasteiger partial charge on any atom is 0.171 e. The Bertz CT molecular complexity index is 357. The molecule has 16 heavy (non-hydrogen) atoms. The molecule has 4 heteroatoms. The lowest BCUT2D eigenvalue weighted by atomic mass is 9.75. The summed E-state index contributed by atoms with van der Waals surface area (Å²) < 4.78 is 1.75.